The van der Waals surface area contributed by atoms with Crippen molar-refractivity contribution in [2.75, 3.05) is 12.0 Å². The number of ether oxygens (including phenoxy) is 1. The van der Waals surface area contributed by atoms with Crippen LogP contribution in [0.5, 0.6) is 5.75 Å². The first-order valence-corrected chi connectivity index (χ1v) is 8.76. The van der Waals surface area contributed by atoms with Crippen molar-refractivity contribution in [3.05, 3.63) is 76.8 Å². The van der Waals surface area contributed by atoms with E-state index < -0.39 is 11.8 Å². The Balaban J connectivity index is 1.89. The third-order valence-electron chi connectivity index (χ3n) is 3.86. The summed E-state index contributed by atoms with van der Waals surface area (Å²) in [6.45, 7) is 0. The maximum absolute atomic E-state index is 12.8. The molecular weight excluding hydrogens is 384 g/mol. The lowest BCUT2D eigenvalue weighted by Gasteiger charge is -2.28. The molecule has 27 heavy (non-hydrogen) atoms. The van der Waals surface area contributed by atoms with E-state index in [0.717, 1.165) is 5.56 Å². The van der Waals surface area contributed by atoms with Crippen LogP contribution in [0.4, 0.5) is 5.69 Å². The monoisotopic (exact) mass is 398 g/mol. The maximum atomic E-state index is 12.8. The highest BCUT2D eigenvalue weighted by molar-refractivity contribution is 7.80. The molecule has 1 saturated heterocycles. The molecule has 1 heterocycles. The molecule has 0 saturated carbocycles. The Kier molecular flexibility index (Phi) is 5.69. The minimum Gasteiger partial charge on any atom is -0.496 e. The second-order valence-electron chi connectivity index (χ2n) is 5.56. The number of nitrogens with one attached hydrogen (secondary N) is 1. The van der Waals surface area contributed by atoms with Crippen molar-refractivity contribution in [2.45, 2.75) is 0 Å². The molecule has 0 unspecified atom stereocenters. The normalized spacial score (nSPS) is 16.1. The average molecular weight is 399 g/mol. The molecule has 3 rings (SSSR count). The van der Waals surface area contributed by atoms with Gasteiger partial charge >= 0.3 is 0 Å². The number of benzene rings is 2. The molecule has 2 amide bonds. The lowest BCUT2D eigenvalue weighted by atomic mass is 10.1. The lowest BCUT2D eigenvalue weighted by molar-refractivity contribution is -0.122. The van der Waals surface area contributed by atoms with E-state index in [9.17, 15) is 9.59 Å². The van der Waals surface area contributed by atoms with Crippen LogP contribution in [0.3, 0.4) is 0 Å². The highest BCUT2D eigenvalue weighted by Crippen LogP contribution is 2.23. The fraction of sp³-hybridized carbons (Fsp3) is 0.0500. The summed E-state index contributed by atoms with van der Waals surface area (Å²) in [5, 5.41) is 3.09. The lowest BCUT2D eigenvalue weighted by Crippen LogP contribution is -2.54. The molecule has 7 heteroatoms. The zero-order valence-corrected chi connectivity index (χ0v) is 15.9. The van der Waals surface area contributed by atoms with Gasteiger partial charge in [-0.15, -0.1) is 0 Å². The van der Waals surface area contributed by atoms with E-state index in [2.05, 4.69) is 5.32 Å². The summed E-state index contributed by atoms with van der Waals surface area (Å²) in [5.41, 5.74) is 1.32. The van der Waals surface area contributed by atoms with Gasteiger partial charge in [-0.2, -0.15) is 0 Å². The molecule has 0 aliphatic carbocycles. The molecule has 1 N–H and O–H groups in total. The Labute approximate surface area is 166 Å². The quantitative estimate of drug-likeness (QED) is 0.484. The minimum absolute atomic E-state index is 0.0234. The number of anilines is 1. The molecular formula is C20H15ClN2O3S. The SMILES string of the molecule is COc1ccccc1/C=C\C=C1\C(=O)NC(=S)N(c2ccc(Cl)cc2)C1=O. The van der Waals surface area contributed by atoms with E-state index in [1.54, 1.807) is 43.5 Å². The highest BCUT2D eigenvalue weighted by atomic mass is 35.5. The van der Waals surface area contributed by atoms with E-state index in [0.29, 0.717) is 16.5 Å². The first kappa shape index (κ1) is 18.8. The fourth-order valence-electron chi connectivity index (χ4n) is 2.55. The van der Waals surface area contributed by atoms with Crippen LogP contribution in [0.2, 0.25) is 5.02 Å². The maximum Gasteiger partial charge on any atom is 0.270 e. The van der Waals surface area contributed by atoms with Gasteiger partial charge in [0.15, 0.2) is 5.11 Å². The summed E-state index contributed by atoms with van der Waals surface area (Å²) >= 11 is 11.0. The minimum atomic E-state index is -0.542. The van der Waals surface area contributed by atoms with Gasteiger partial charge in [0.05, 0.1) is 12.8 Å². The van der Waals surface area contributed by atoms with Crippen LogP contribution in [0.25, 0.3) is 6.08 Å². The van der Waals surface area contributed by atoms with E-state index >= 15 is 0 Å². The molecule has 1 aliphatic rings. The number of hydrogen-bond acceptors (Lipinski definition) is 4. The van der Waals surface area contributed by atoms with E-state index in [1.807, 2.05) is 24.3 Å². The van der Waals surface area contributed by atoms with Crippen LogP contribution in [0, 0.1) is 0 Å². The molecule has 136 valence electrons. The van der Waals surface area contributed by atoms with Crippen LogP contribution in [-0.4, -0.2) is 24.0 Å². The zero-order chi connectivity index (χ0) is 19.4. The standard InChI is InChI=1S/C20H15ClN2O3S/c1-26-17-8-3-2-5-13(17)6-4-7-16-18(24)22-20(27)23(19(16)25)15-11-9-14(21)10-12-15/h2-12H,1H3,(H,22,24,27)/b6-4-,16-7-. The van der Waals surface area contributed by atoms with Crippen molar-refractivity contribution in [3.8, 4) is 5.75 Å². The number of rotatable bonds is 4. The van der Waals surface area contributed by atoms with Crippen molar-refractivity contribution in [1.82, 2.24) is 5.32 Å². The van der Waals surface area contributed by atoms with Gasteiger partial charge in [-0.1, -0.05) is 42.0 Å². The smallest absolute Gasteiger partial charge is 0.270 e. The first-order chi connectivity index (χ1) is 13.0. The van der Waals surface area contributed by atoms with Gasteiger partial charge < -0.3 is 4.74 Å². The van der Waals surface area contributed by atoms with Crippen molar-refractivity contribution >= 4 is 52.5 Å². The third kappa shape index (κ3) is 4.07. The summed E-state index contributed by atoms with van der Waals surface area (Å²) in [5.74, 6) is -0.355. The number of thiocarbonyl (C=S) groups is 1. The highest BCUT2D eigenvalue weighted by Gasteiger charge is 2.33. The molecule has 1 fully saturated rings. The van der Waals surface area contributed by atoms with Gasteiger partial charge in [0.2, 0.25) is 0 Å². The molecule has 5 nitrogen and oxygen atoms in total. The predicted molar refractivity (Wildman–Crippen MR) is 110 cm³/mol. The second kappa shape index (κ2) is 8.16. The third-order valence-corrected chi connectivity index (χ3v) is 4.40. The second-order valence-corrected chi connectivity index (χ2v) is 6.38. The van der Waals surface area contributed by atoms with Crippen molar-refractivity contribution in [2.24, 2.45) is 0 Å². The number of halogens is 1. The number of nitrogens with zero attached hydrogens (tertiary/aromatic N) is 1. The zero-order valence-electron chi connectivity index (χ0n) is 14.3. The van der Waals surface area contributed by atoms with Gasteiger partial charge in [0.1, 0.15) is 11.3 Å². The molecule has 2 aromatic carbocycles. The molecule has 0 spiro atoms. The van der Waals surface area contributed by atoms with E-state index in [1.165, 1.54) is 11.0 Å². The Bertz CT molecular complexity index is 967. The summed E-state index contributed by atoms with van der Waals surface area (Å²) in [7, 11) is 1.58. The number of methoxy groups -OCH3 is 1. The van der Waals surface area contributed by atoms with E-state index in [-0.39, 0.29) is 10.7 Å². The largest absolute Gasteiger partial charge is 0.496 e. The molecule has 0 atom stereocenters. The predicted octanol–water partition coefficient (Wildman–Crippen LogP) is 3.74. The molecule has 0 radical (unpaired) electrons. The van der Waals surface area contributed by atoms with Gasteiger partial charge in [0.25, 0.3) is 11.8 Å². The van der Waals surface area contributed by atoms with Crippen LogP contribution in [0.1, 0.15) is 5.56 Å². The summed E-state index contributed by atoms with van der Waals surface area (Å²) in [4.78, 5) is 26.3. The van der Waals surface area contributed by atoms with Crippen LogP contribution in [0.15, 0.2) is 66.3 Å². The topological polar surface area (TPSA) is 58.6 Å². The number of allylic oxidation sites excluding steroid dienone is 2. The van der Waals surface area contributed by atoms with Crippen molar-refractivity contribution in [1.29, 1.82) is 0 Å². The number of para-hydroxylation sites is 1. The van der Waals surface area contributed by atoms with E-state index in [4.69, 9.17) is 28.6 Å². The molecule has 2 aromatic rings. The number of hydrogen-bond donors (Lipinski definition) is 1. The first-order valence-electron chi connectivity index (χ1n) is 7.98. The van der Waals surface area contributed by atoms with Crippen LogP contribution in [-0.2, 0) is 9.59 Å². The van der Waals surface area contributed by atoms with Gasteiger partial charge in [-0.3, -0.25) is 19.8 Å². The van der Waals surface area contributed by atoms with Crippen molar-refractivity contribution in [3.63, 3.8) is 0 Å². The number of amides is 2. The molecule has 0 bridgehead atoms. The van der Waals surface area contributed by atoms with Gasteiger partial charge in [-0.05, 0) is 48.6 Å². The van der Waals surface area contributed by atoms with Crippen LogP contribution >= 0.6 is 23.8 Å². The van der Waals surface area contributed by atoms with Crippen LogP contribution < -0.4 is 15.0 Å². The Morgan fingerprint density at radius 1 is 1.11 bits per heavy atom. The Morgan fingerprint density at radius 2 is 1.81 bits per heavy atom. The summed E-state index contributed by atoms with van der Waals surface area (Å²) in [6.07, 6.45) is 4.83. The molecule has 0 aromatic heterocycles. The Morgan fingerprint density at radius 3 is 2.52 bits per heavy atom. The number of carbonyl (C=O) groups is 2. The average Bonchev–Trinajstić information content (AvgIpc) is 2.66. The number of carbonyl (C=O) groups excluding carboxylic acids is 2. The van der Waals surface area contributed by atoms with Gasteiger partial charge in [0, 0.05) is 10.6 Å². The van der Waals surface area contributed by atoms with Gasteiger partial charge in [-0.25, -0.2) is 0 Å². The molecule has 1 aliphatic heterocycles. The summed E-state index contributed by atoms with van der Waals surface area (Å²) < 4.78 is 5.27. The fourth-order valence-corrected chi connectivity index (χ4v) is 2.96. The van der Waals surface area contributed by atoms with Crippen molar-refractivity contribution < 1.29 is 14.3 Å². The Hall–Kier alpha value is -2.96. The summed E-state index contributed by atoms with van der Waals surface area (Å²) in [6, 6.07) is 14.0.